The Morgan fingerprint density at radius 2 is 1.90 bits per heavy atom. The summed E-state index contributed by atoms with van der Waals surface area (Å²) in [7, 11) is 0. The summed E-state index contributed by atoms with van der Waals surface area (Å²) >= 11 is 0. The lowest BCUT2D eigenvalue weighted by Gasteiger charge is -2.24. The van der Waals surface area contributed by atoms with Crippen LogP contribution in [0.15, 0.2) is 18.2 Å². The molecule has 5 heteroatoms. The average Bonchev–Trinajstić information content (AvgIpc) is 2.42. The van der Waals surface area contributed by atoms with E-state index in [9.17, 15) is 9.59 Å². The van der Waals surface area contributed by atoms with Crippen LogP contribution in [0, 0.1) is 6.92 Å². The topological polar surface area (TPSA) is 66.8 Å². The largest absolute Gasteiger partial charge is 0.481 e. The zero-order valence-corrected chi connectivity index (χ0v) is 12.3. The first-order chi connectivity index (χ1) is 9.40. The number of carbonyl (C=O) groups is 2. The fraction of sp³-hybridized carbons (Fsp3) is 0.467. The first-order valence-corrected chi connectivity index (χ1v) is 6.70. The third kappa shape index (κ3) is 3.73. The molecule has 0 aromatic heterocycles. The number of benzene rings is 1. The maximum atomic E-state index is 12.1. The molecule has 0 aliphatic carbocycles. The van der Waals surface area contributed by atoms with Crippen LogP contribution < -0.4 is 4.74 Å². The second-order valence-corrected chi connectivity index (χ2v) is 4.56. The number of hydrogen-bond acceptors (Lipinski definition) is 3. The van der Waals surface area contributed by atoms with Gasteiger partial charge in [-0.1, -0.05) is 6.07 Å². The van der Waals surface area contributed by atoms with Crippen LogP contribution in [0.5, 0.6) is 5.75 Å². The van der Waals surface area contributed by atoms with Crippen molar-refractivity contribution in [3.05, 3.63) is 29.3 Å². The van der Waals surface area contributed by atoms with Crippen molar-refractivity contribution in [2.75, 3.05) is 13.1 Å². The Bertz CT molecular complexity index is 495. The molecule has 0 saturated carbocycles. The zero-order chi connectivity index (χ0) is 15.3. The van der Waals surface area contributed by atoms with E-state index in [2.05, 4.69) is 0 Å². The third-order valence-electron chi connectivity index (χ3n) is 3.16. The van der Waals surface area contributed by atoms with Crippen molar-refractivity contribution in [2.45, 2.75) is 33.8 Å². The number of ether oxygens (including phenoxy) is 1. The molecule has 0 fully saturated rings. The average molecular weight is 279 g/mol. The van der Waals surface area contributed by atoms with Gasteiger partial charge in [0.25, 0.3) is 5.91 Å². The molecule has 1 aromatic rings. The summed E-state index contributed by atoms with van der Waals surface area (Å²) in [5.41, 5.74) is 0.947. The number of amides is 1. The van der Waals surface area contributed by atoms with Crippen molar-refractivity contribution in [1.82, 2.24) is 4.90 Å². The van der Waals surface area contributed by atoms with Crippen LogP contribution >= 0.6 is 0 Å². The summed E-state index contributed by atoms with van der Waals surface area (Å²) in [4.78, 5) is 24.8. The summed E-state index contributed by atoms with van der Waals surface area (Å²) in [5.74, 6) is -0.689. The van der Waals surface area contributed by atoms with Gasteiger partial charge in [-0.05, 0) is 45.4 Å². The predicted octanol–water partition coefficient (Wildman–Crippen LogP) is 2.33. The molecule has 1 aromatic carbocycles. The second-order valence-electron chi connectivity index (χ2n) is 4.56. The van der Waals surface area contributed by atoms with Crippen molar-refractivity contribution >= 4 is 11.9 Å². The minimum Gasteiger partial charge on any atom is -0.481 e. The van der Waals surface area contributed by atoms with Crippen molar-refractivity contribution in [2.24, 2.45) is 0 Å². The third-order valence-corrected chi connectivity index (χ3v) is 3.16. The van der Waals surface area contributed by atoms with Crippen LogP contribution in [0.3, 0.4) is 0 Å². The smallest absolute Gasteiger partial charge is 0.335 e. The molecule has 0 saturated heterocycles. The van der Waals surface area contributed by atoms with E-state index in [1.807, 2.05) is 20.8 Å². The standard InChI is InChI=1S/C15H21NO4/c1-5-16(6-2)14(17)11(4)20-13-9-12(15(18)19)8-7-10(13)3/h7-9,11H,5-6H2,1-4H3,(H,18,19). The van der Waals surface area contributed by atoms with Gasteiger partial charge in [0, 0.05) is 13.1 Å². The lowest BCUT2D eigenvalue weighted by molar-refractivity contribution is -0.137. The van der Waals surface area contributed by atoms with Gasteiger partial charge in [0.15, 0.2) is 6.10 Å². The van der Waals surface area contributed by atoms with Crippen molar-refractivity contribution in [3.63, 3.8) is 0 Å². The Labute approximate surface area is 119 Å². The number of rotatable bonds is 6. The summed E-state index contributed by atoms with van der Waals surface area (Å²) in [6, 6.07) is 4.64. The number of likely N-dealkylation sites (N-methyl/N-ethyl adjacent to an activating group) is 1. The Balaban J connectivity index is 2.89. The predicted molar refractivity (Wildman–Crippen MR) is 76.2 cm³/mol. The first kappa shape index (κ1) is 16.0. The molecule has 5 nitrogen and oxygen atoms in total. The molecule has 20 heavy (non-hydrogen) atoms. The summed E-state index contributed by atoms with van der Waals surface area (Å²) < 4.78 is 5.63. The van der Waals surface area contributed by atoms with Gasteiger partial charge >= 0.3 is 5.97 Å². The minimum absolute atomic E-state index is 0.102. The molecule has 0 aliphatic heterocycles. The second kappa shape index (κ2) is 6.93. The van der Waals surface area contributed by atoms with Gasteiger partial charge in [0.2, 0.25) is 0 Å². The number of carbonyl (C=O) groups excluding carboxylic acids is 1. The van der Waals surface area contributed by atoms with Gasteiger partial charge in [-0.3, -0.25) is 4.79 Å². The zero-order valence-electron chi connectivity index (χ0n) is 12.3. The maximum Gasteiger partial charge on any atom is 0.335 e. The highest BCUT2D eigenvalue weighted by molar-refractivity contribution is 5.88. The van der Waals surface area contributed by atoms with Gasteiger partial charge in [0.05, 0.1) is 5.56 Å². The minimum atomic E-state index is -1.02. The van der Waals surface area contributed by atoms with Gasteiger partial charge in [-0.25, -0.2) is 4.79 Å². The molecule has 1 amide bonds. The lowest BCUT2D eigenvalue weighted by Crippen LogP contribution is -2.40. The van der Waals surface area contributed by atoms with E-state index in [0.29, 0.717) is 18.8 Å². The molecule has 0 bridgehead atoms. The fourth-order valence-corrected chi connectivity index (χ4v) is 1.89. The molecule has 1 N–H and O–H groups in total. The van der Waals surface area contributed by atoms with Gasteiger partial charge < -0.3 is 14.7 Å². The molecule has 0 radical (unpaired) electrons. The maximum absolute atomic E-state index is 12.1. The van der Waals surface area contributed by atoms with E-state index in [0.717, 1.165) is 5.56 Å². The van der Waals surface area contributed by atoms with Crippen LogP contribution in [0.25, 0.3) is 0 Å². The number of nitrogens with zero attached hydrogens (tertiary/aromatic N) is 1. The monoisotopic (exact) mass is 279 g/mol. The van der Waals surface area contributed by atoms with Crippen LogP contribution in [-0.2, 0) is 4.79 Å². The molecule has 1 atom stereocenters. The normalized spacial score (nSPS) is 11.8. The number of aromatic carboxylic acids is 1. The van der Waals surface area contributed by atoms with E-state index >= 15 is 0 Å². The van der Waals surface area contributed by atoms with Crippen LogP contribution in [-0.4, -0.2) is 41.1 Å². The first-order valence-electron chi connectivity index (χ1n) is 6.70. The van der Waals surface area contributed by atoms with E-state index in [-0.39, 0.29) is 11.5 Å². The molecule has 110 valence electrons. The Kier molecular flexibility index (Phi) is 5.55. The molecule has 0 spiro atoms. The van der Waals surface area contributed by atoms with Gasteiger partial charge in [0.1, 0.15) is 5.75 Å². The molecule has 1 unspecified atom stereocenters. The van der Waals surface area contributed by atoms with Gasteiger partial charge in [-0.15, -0.1) is 0 Å². The Hall–Kier alpha value is -2.04. The molecule has 0 heterocycles. The highest BCUT2D eigenvalue weighted by Gasteiger charge is 2.20. The molecule has 0 aliphatic rings. The van der Waals surface area contributed by atoms with Crippen LogP contribution in [0.4, 0.5) is 0 Å². The van der Waals surface area contributed by atoms with E-state index in [4.69, 9.17) is 9.84 Å². The fourth-order valence-electron chi connectivity index (χ4n) is 1.89. The van der Waals surface area contributed by atoms with E-state index in [1.54, 1.807) is 17.9 Å². The number of aryl methyl sites for hydroxylation is 1. The highest BCUT2D eigenvalue weighted by atomic mass is 16.5. The lowest BCUT2D eigenvalue weighted by atomic mass is 10.1. The summed E-state index contributed by atoms with van der Waals surface area (Å²) in [5, 5.41) is 8.98. The van der Waals surface area contributed by atoms with Crippen molar-refractivity contribution in [3.8, 4) is 5.75 Å². The Morgan fingerprint density at radius 3 is 2.40 bits per heavy atom. The number of hydrogen-bond donors (Lipinski definition) is 1. The summed E-state index contributed by atoms with van der Waals surface area (Å²) in [6.45, 7) is 8.55. The van der Waals surface area contributed by atoms with Crippen LogP contribution in [0.2, 0.25) is 0 Å². The molecular weight excluding hydrogens is 258 g/mol. The van der Waals surface area contributed by atoms with Crippen molar-refractivity contribution in [1.29, 1.82) is 0 Å². The SMILES string of the molecule is CCN(CC)C(=O)C(C)Oc1cc(C(=O)O)ccc1C. The molecule has 1 rings (SSSR count). The highest BCUT2D eigenvalue weighted by Crippen LogP contribution is 2.21. The van der Waals surface area contributed by atoms with Crippen LogP contribution in [0.1, 0.15) is 36.7 Å². The van der Waals surface area contributed by atoms with E-state index in [1.165, 1.54) is 12.1 Å². The quantitative estimate of drug-likeness (QED) is 0.868. The van der Waals surface area contributed by atoms with E-state index < -0.39 is 12.1 Å². The molecular formula is C15H21NO4. The van der Waals surface area contributed by atoms with Gasteiger partial charge in [-0.2, -0.15) is 0 Å². The Morgan fingerprint density at radius 1 is 1.30 bits per heavy atom. The number of carboxylic acids is 1. The summed E-state index contributed by atoms with van der Waals surface area (Å²) in [6.07, 6.45) is -0.641. The number of carboxylic acid groups (broad SMARTS) is 1. The van der Waals surface area contributed by atoms with Crippen molar-refractivity contribution < 1.29 is 19.4 Å².